The number of ether oxygens (including phenoxy) is 2. The van der Waals surface area contributed by atoms with E-state index in [0.717, 1.165) is 22.3 Å². The van der Waals surface area contributed by atoms with Crippen LogP contribution in [0.25, 0.3) is 11.1 Å². The molecule has 0 spiro atoms. The molecule has 140 valence electrons. The molecule has 1 aliphatic carbocycles. The minimum absolute atomic E-state index is 0.00169. The van der Waals surface area contributed by atoms with E-state index >= 15 is 0 Å². The summed E-state index contributed by atoms with van der Waals surface area (Å²) in [6.07, 6.45) is 0.617. The van der Waals surface area contributed by atoms with Gasteiger partial charge in [0.05, 0.1) is 6.61 Å². The lowest BCUT2D eigenvalue weighted by atomic mass is 9.98. The van der Waals surface area contributed by atoms with E-state index in [-0.39, 0.29) is 19.1 Å². The minimum atomic E-state index is -1.18. The molecular formula is C21H21NO5. The van der Waals surface area contributed by atoms with Crippen LogP contribution in [-0.2, 0) is 14.3 Å². The van der Waals surface area contributed by atoms with Crippen LogP contribution >= 0.6 is 0 Å². The number of carbonyl (C=O) groups is 2. The van der Waals surface area contributed by atoms with Crippen LogP contribution in [-0.4, -0.2) is 43.0 Å². The van der Waals surface area contributed by atoms with Gasteiger partial charge in [-0.1, -0.05) is 61.2 Å². The Morgan fingerprint density at radius 1 is 1.07 bits per heavy atom. The van der Waals surface area contributed by atoms with Gasteiger partial charge in [-0.15, -0.1) is 0 Å². The third kappa shape index (κ3) is 4.01. The highest BCUT2D eigenvalue weighted by Gasteiger charge is 2.29. The number of carbonyl (C=O) groups excluding carboxylic acids is 2. The first-order valence-electron chi connectivity index (χ1n) is 8.65. The van der Waals surface area contributed by atoms with Gasteiger partial charge in [0.25, 0.3) is 0 Å². The topological polar surface area (TPSA) is 84.9 Å². The van der Waals surface area contributed by atoms with E-state index in [4.69, 9.17) is 9.47 Å². The second-order valence-electron chi connectivity index (χ2n) is 6.12. The van der Waals surface area contributed by atoms with Crippen molar-refractivity contribution in [1.29, 1.82) is 0 Å². The standard InChI is InChI=1S/C21H21NO5/c1-2-11-26-20(24)19(12-23)22-21(25)27-13-18-16-9-5-3-7-14(16)15-8-4-6-10-17(15)18/h2-10,18-19,23H,1,11-13H2,(H,22,25). The highest BCUT2D eigenvalue weighted by Crippen LogP contribution is 2.44. The van der Waals surface area contributed by atoms with Crippen LogP contribution in [0.15, 0.2) is 61.2 Å². The van der Waals surface area contributed by atoms with Gasteiger partial charge in [-0.3, -0.25) is 0 Å². The molecule has 2 aromatic carbocycles. The lowest BCUT2D eigenvalue weighted by molar-refractivity contribution is -0.145. The summed E-state index contributed by atoms with van der Waals surface area (Å²) in [5.41, 5.74) is 4.44. The molecule has 6 nitrogen and oxygen atoms in total. The first-order valence-corrected chi connectivity index (χ1v) is 8.65. The van der Waals surface area contributed by atoms with Crippen LogP contribution < -0.4 is 5.32 Å². The van der Waals surface area contributed by atoms with Crippen LogP contribution in [0.5, 0.6) is 0 Å². The molecule has 1 amide bonds. The van der Waals surface area contributed by atoms with E-state index in [1.54, 1.807) is 0 Å². The maximum atomic E-state index is 12.1. The summed E-state index contributed by atoms with van der Waals surface area (Å²) in [6.45, 7) is 2.98. The zero-order chi connectivity index (χ0) is 19.2. The number of amides is 1. The SMILES string of the molecule is C=CCOC(=O)C(CO)NC(=O)OCC1c2ccccc2-c2ccccc21. The van der Waals surface area contributed by atoms with Gasteiger partial charge in [0, 0.05) is 5.92 Å². The van der Waals surface area contributed by atoms with Crippen molar-refractivity contribution >= 4 is 12.1 Å². The number of hydrogen-bond donors (Lipinski definition) is 2. The second kappa shape index (κ2) is 8.51. The number of aliphatic hydroxyl groups excluding tert-OH is 1. The van der Waals surface area contributed by atoms with E-state index in [1.165, 1.54) is 6.08 Å². The fraction of sp³-hybridized carbons (Fsp3) is 0.238. The van der Waals surface area contributed by atoms with Gasteiger partial charge in [0.2, 0.25) is 0 Å². The molecule has 6 heteroatoms. The molecule has 0 aromatic heterocycles. The van der Waals surface area contributed by atoms with Crippen molar-refractivity contribution < 1.29 is 24.2 Å². The van der Waals surface area contributed by atoms with E-state index in [0.29, 0.717) is 0 Å². The molecule has 0 fully saturated rings. The van der Waals surface area contributed by atoms with Gasteiger partial charge in [-0.2, -0.15) is 0 Å². The van der Waals surface area contributed by atoms with Gasteiger partial charge >= 0.3 is 12.1 Å². The Balaban J connectivity index is 1.65. The van der Waals surface area contributed by atoms with Crippen molar-refractivity contribution in [2.24, 2.45) is 0 Å². The molecule has 2 N–H and O–H groups in total. The Hall–Kier alpha value is -3.12. The Morgan fingerprint density at radius 2 is 1.67 bits per heavy atom. The summed E-state index contributed by atoms with van der Waals surface area (Å²) >= 11 is 0. The van der Waals surface area contributed by atoms with Crippen molar-refractivity contribution in [1.82, 2.24) is 5.32 Å². The van der Waals surface area contributed by atoms with E-state index < -0.39 is 24.7 Å². The fourth-order valence-corrected chi connectivity index (χ4v) is 3.20. The first kappa shape index (κ1) is 18.7. The summed E-state index contributed by atoms with van der Waals surface area (Å²) in [6, 6.07) is 14.8. The zero-order valence-corrected chi connectivity index (χ0v) is 14.8. The predicted octanol–water partition coefficient (Wildman–Crippen LogP) is 2.62. The molecule has 1 atom stereocenters. The summed E-state index contributed by atoms with van der Waals surface area (Å²) in [7, 11) is 0. The molecule has 0 radical (unpaired) electrons. The number of fused-ring (bicyclic) bond motifs is 3. The highest BCUT2D eigenvalue weighted by molar-refractivity contribution is 5.82. The molecule has 0 bridgehead atoms. The normalized spacial score (nSPS) is 13.2. The molecule has 0 heterocycles. The van der Waals surface area contributed by atoms with Crippen LogP contribution in [0.2, 0.25) is 0 Å². The first-order chi connectivity index (χ1) is 13.2. The molecule has 1 aliphatic rings. The Morgan fingerprint density at radius 3 is 2.22 bits per heavy atom. The minimum Gasteiger partial charge on any atom is -0.460 e. The van der Waals surface area contributed by atoms with Crippen molar-refractivity contribution in [3.8, 4) is 11.1 Å². The zero-order valence-electron chi connectivity index (χ0n) is 14.8. The number of benzene rings is 2. The maximum absolute atomic E-state index is 12.1. The molecule has 3 rings (SSSR count). The maximum Gasteiger partial charge on any atom is 0.407 e. The fourth-order valence-electron chi connectivity index (χ4n) is 3.20. The quantitative estimate of drug-likeness (QED) is 0.580. The molecule has 0 saturated heterocycles. The van der Waals surface area contributed by atoms with Crippen molar-refractivity contribution in [2.75, 3.05) is 19.8 Å². The highest BCUT2D eigenvalue weighted by atomic mass is 16.6. The van der Waals surface area contributed by atoms with Gasteiger partial charge in [0.1, 0.15) is 13.2 Å². The van der Waals surface area contributed by atoms with Gasteiger partial charge in [-0.25, -0.2) is 9.59 Å². The summed E-state index contributed by atoms with van der Waals surface area (Å²) in [5.74, 6) is -0.825. The molecule has 0 aliphatic heterocycles. The van der Waals surface area contributed by atoms with Crippen molar-refractivity contribution in [3.05, 3.63) is 72.3 Å². The van der Waals surface area contributed by atoms with Crippen molar-refractivity contribution in [2.45, 2.75) is 12.0 Å². The molecule has 2 aromatic rings. The molecule has 1 unspecified atom stereocenters. The Kier molecular flexibility index (Phi) is 5.88. The van der Waals surface area contributed by atoms with Crippen molar-refractivity contribution in [3.63, 3.8) is 0 Å². The monoisotopic (exact) mass is 367 g/mol. The summed E-state index contributed by atoms with van der Waals surface area (Å²) in [5, 5.41) is 11.6. The molecule has 27 heavy (non-hydrogen) atoms. The van der Waals surface area contributed by atoms with Crippen LogP contribution in [0.1, 0.15) is 17.0 Å². The van der Waals surface area contributed by atoms with Gasteiger partial charge < -0.3 is 19.9 Å². The number of esters is 1. The van der Waals surface area contributed by atoms with Crippen LogP contribution in [0, 0.1) is 0 Å². The predicted molar refractivity (Wildman–Crippen MR) is 100 cm³/mol. The smallest absolute Gasteiger partial charge is 0.407 e. The second-order valence-corrected chi connectivity index (χ2v) is 6.12. The number of rotatable bonds is 7. The van der Waals surface area contributed by atoms with E-state index in [9.17, 15) is 14.7 Å². The lowest BCUT2D eigenvalue weighted by Gasteiger charge is -2.17. The van der Waals surface area contributed by atoms with Gasteiger partial charge in [-0.05, 0) is 22.3 Å². The Labute approximate surface area is 157 Å². The van der Waals surface area contributed by atoms with E-state index in [1.807, 2.05) is 48.5 Å². The third-order valence-corrected chi connectivity index (χ3v) is 4.45. The largest absolute Gasteiger partial charge is 0.460 e. The average molecular weight is 367 g/mol. The van der Waals surface area contributed by atoms with E-state index in [2.05, 4.69) is 11.9 Å². The Bertz CT molecular complexity index is 802. The van der Waals surface area contributed by atoms with Crippen LogP contribution in [0.3, 0.4) is 0 Å². The third-order valence-electron chi connectivity index (χ3n) is 4.45. The van der Waals surface area contributed by atoms with Crippen LogP contribution in [0.4, 0.5) is 4.79 Å². The molecular weight excluding hydrogens is 346 g/mol. The van der Waals surface area contributed by atoms with Gasteiger partial charge in [0.15, 0.2) is 6.04 Å². The number of aliphatic hydroxyl groups is 1. The summed E-state index contributed by atoms with van der Waals surface area (Å²) in [4.78, 5) is 23.9. The number of hydrogen-bond acceptors (Lipinski definition) is 5. The number of alkyl carbamates (subject to hydrolysis) is 1. The lowest BCUT2D eigenvalue weighted by Crippen LogP contribution is -2.44. The summed E-state index contributed by atoms with van der Waals surface area (Å²) < 4.78 is 10.2. The molecule has 0 saturated carbocycles. The number of nitrogens with one attached hydrogen (secondary N) is 1. The average Bonchev–Trinajstić information content (AvgIpc) is 3.02.